The average Bonchev–Trinajstić information content (AvgIpc) is 3.20. The van der Waals surface area contributed by atoms with Crippen molar-refractivity contribution >= 4 is 46.1 Å². The van der Waals surface area contributed by atoms with Crippen molar-refractivity contribution in [1.82, 2.24) is 14.9 Å². The van der Waals surface area contributed by atoms with E-state index in [9.17, 15) is 9.18 Å². The number of hydrogen-bond acceptors (Lipinski definition) is 5. The van der Waals surface area contributed by atoms with Crippen LogP contribution in [-0.4, -0.2) is 27.2 Å². The second kappa shape index (κ2) is 9.15. The molecule has 0 fully saturated rings. The SMILES string of the molecule is O=C(Nc1ccc(NC(=S)NCCc2ccccc2F)cc1)c1csnn1. The van der Waals surface area contributed by atoms with Crippen LogP contribution in [0.25, 0.3) is 0 Å². The molecule has 0 bridgehead atoms. The van der Waals surface area contributed by atoms with Gasteiger partial charge < -0.3 is 16.0 Å². The van der Waals surface area contributed by atoms with Gasteiger partial charge in [-0.3, -0.25) is 4.79 Å². The van der Waals surface area contributed by atoms with Gasteiger partial charge in [0.15, 0.2) is 10.8 Å². The highest BCUT2D eigenvalue weighted by Gasteiger charge is 2.09. The maximum atomic E-state index is 13.6. The number of rotatable bonds is 6. The molecule has 0 atom stereocenters. The summed E-state index contributed by atoms with van der Waals surface area (Å²) in [6, 6.07) is 13.8. The first-order valence-electron chi connectivity index (χ1n) is 8.08. The molecule has 3 aromatic rings. The fourth-order valence-electron chi connectivity index (χ4n) is 2.28. The van der Waals surface area contributed by atoms with Gasteiger partial charge in [-0.25, -0.2) is 4.39 Å². The molecule has 0 unspecified atom stereocenters. The van der Waals surface area contributed by atoms with Crippen LogP contribution in [0.2, 0.25) is 0 Å². The molecule has 0 saturated carbocycles. The minimum Gasteiger partial charge on any atom is -0.362 e. The van der Waals surface area contributed by atoms with Gasteiger partial charge in [0.2, 0.25) is 0 Å². The molecule has 27 heavy (non-hydrogen) atoms. The van der Waals surface area contributed by atoms with E-state index in [-0.39, 0.29) is 17.4 Å². The van der Waals surface area contributed by atoms with Gasteiger partial charge in [-0.15, -0.1) is 5.10 Å². The first-order valence-corrected chi connectivity index (χ1v) is 9.33. The molecule has 3 N–H and O–H groups in total. The fourth-order valence-corrected chi connectivity index (χ4v) is 2.94. The number of carbonyl (C=O) groups is 1. The lowest BCUT2D eigenvalue weighted by molar-refractivity contribution is 0.102. The molecular formula is C18H16FN5OS2. The van der Waals surface area contributed by atoms with Gasteiger partial charge in [0.25, 0.3) is 5.91 Å². The summed E-state index contributed by atoms with van der Waals surface area (Å²) in [5.74, 6) is -0.529. The van der Waals surface area contributed by atoms with Crippen molar-refractivity contribution < 1.29 is 9.18 Å². The van der Waals surface area contributed by atoms with Gasteiger partial charge in [-0.1, -0.05) is 22.7 Å². The Kier molecular flexibility index (Phi) is 6.39. The number of benzene rings is 2. The lowest BCUT2D eigenvalue weighted by Gasteiger charge is -2.11. The van der Waals surface area contributed by atoms with Crippen molar-refractivity contribution in [2.24, 2.45) is 0 Å². The van der Waals surface area contributed by atoms with Crippen LogP contribution in [0.5, 0.6) is 0 Å². The lowest BCUT2D eigenvalue weighted by Crippen LogP contribution is -2.30. The van der Waals surface area contributed by atoms with E-state index in [0.717, 1.165) is 17.2 Å². The Morgan fingerprint density at radius 2 is 1.78 bits per heavy atom. The summed E-state index contributed by atoms with van der Waals surface area (Å²) in [5.41, 5.74) is 2.33. The van der Waals surface area contributed by atoms with Gasteiger partial charge in [0.1, 0.15) is 5.82 Å². The zero-order chi connectivity index (χ0) is 19.1. The topological polar surface area (TPSA) is 78.9 Å². The summed E-state index contributed by atoms with van der Waals surface area (Å²) < 4.78 is 17.2. The molecular weight excluding hydrogens is 385 g/mol. The summed E-state index contributed by atoms with van der Waals surface area (Å²) in [5, 5.41) is 14.6. The van der Waals surface area contributed by atoms with E-state index in [1.165, 1.54) is 6.07 Å². The number of amides is 1. The van der Waals surface area contributed by atoms with Gasteiger partial charge in [-0.2, -0.15) is 0 Å². The van der Waals surface area contributed by atoms with E-state index < -0.39 is 0 Å². The van der Waals surface area contributed by atoms with E-state index in [2.05, 4.69) is 25.5 Å². The molecule has 0 saturated heterocycles. The molecule has 138 valence electrons. The van der Waals surface area contributed by atoms with E-state index in [1.54, 1.807) is 47.8 Å². The third-order valence-corrected chi connectivity index (χ3v) is 4.38. The minimum absolute atomic E-state index is 0.218. The van der Waals surface area contributed by atoms with Gasteiger partial charge >= 0.3 is 0 Å². The maximum Gasteiger partial charge on any atom is 0.277 e. The van der Waals surface area contributed by atoms with Gasteiger partial charge in [-0.05, 0) is 66.1 Å². The highest BCUT2D eigenvalue weighted by atomic mass is 32.1. The lowest BCUT2D eigenvalue weighted by atomic mass is 10.1. The van der Waals surface area contributed by atoms with E-state index in [0.29, 0.717) is 29.3 Å². The summed E-state index contributed by atoms with van der Waals surface area (Å²) in [6.07, 6.45) is 0.533. The Labute approximate surface area is 165 Å². The Balaban J connectivity index is 1.45. The molecule has 0 aliphatic heterocycles. The van der Waals surface area contributed by atoms with Crippen LogP contribution in [0.4, 0.5) is 15.8 Å². The van der Waals surface area contributed by atoms with Crippen molar-refractivity contribution in [3.8, 4) is 0 Å². The standard InChI is InChI=1S/C18H16FN5OS2/c19-15-4-2-1-3-12(15)9-10-20-18(26)22-14-7-5-13(6-8-14)21-17(25)16-11-27-24-23-16/h1-8,11H,9-10H2,(H,21,25)(H2,20,22,26). The molecule has 3 rings (SSSR count). The van der Waals surface area contributed by atoms with Crippen molar-refractivity contribution in [3.05, 3.63) is 71.0 Å². The number of carbonyl (C=O) groups excluding carboxylic acids is 1. The van der Waals surface area contributed by atoms with Crippen LogP contribution in [0, 0.1) is 5.82 Å². The van der Waals surface area contributed by atoms with E-state index >= 15 is 0 Å². The molecule has 0 aliphatic carbocycles. The quantitative estimate of drug-likeness (QED) is 0.549. The maximum absolute atomic E-state index is 13.6. The van der Waals surface area contributed by atoms with Crippen molar-refractivity contribution in [2.75, 3.05) is 17.2 Å². The molecule has 9 heteroatoms. The van der Waals surface area contributed by atoms with Crippen LogP contribution < -0.4 is 16.0 Å². The molecule has 1 amide bonds. The highest BCUT2D eigenvalue weighted by molar-refractivity contribution is 7.80. The number of thiocarbonyl (C=S) groups is 1. The highest BCUT2D eigenvalue weighted by Crippen LogP contribution is 2.14. The van der Waals surface area contributed by atoms with Gasteiger partial charge in [0.05, 0.1) is 0 Å². The van der Waals surface area contributed by atoms with Crippen molar-refractivity contribution in [1.29, 1.82) is 0 Å². The normalized spacial score (nSPS) is 10.3. The first-order chi connectivity index (χ1) is 13.1. The zero-order valence-electron chi connectivity index (χ0n) is 14.1. The number of anilines is 2. The van der Waals surface area contributed by atoms with Crippen LogP contribution in [0.1, 0.15) is 16.1 Å². The predicted molar refractivity (Wildman–Crippen MR) is 109 cm³/mol. The van der Waals surface area contributed by atoms with Crippen LogP contribution in [0.15, 0.2) is 53.9 Å². The van der Waals surface area contributed by atoms with Crippen molar-refractivity contribution in [3.63, 3.8) is 0 Å². The zero-order valence-corrected chi connectivity index (χ0v) is 15.7. The Bertz CT molecular complexity index is 916. The summed E-state index contributed by atoms with van der Waals surface area (Å²) in [6.45, 7) is 0.516. The second-order valence-electron chi connectivity index (χ2n) is 5.54. The summed E-state index contributed by atoms with van der Waals surface area (Å²) in [4.78, 5) is 11.9. The van der Waals surface area contributed by atoms with Crippen LogP contribution >= 0.6 is 23.8 Å². The molecule has 1 aromatic heterocycles. The number of nitrogens with one attached hydrogen (secondary N) is 3. The number of halogens is 1. The fraction of sp³-hybridized carbons (Fsp3) is 0.111. The Morgan fingerprint density at radius 3 is 2.44 bits per heavy atom. The van der Waals surface area contributed by atoms with Gasteiger partial charge in [0, 0.05) is 23.3 Å². The molecule has 2 aromatic carbocycles. The largest absolute Gasteiger partial charge is 0.362 e. The molecule has 6 nitrogen and oxygen atoms in total. The molecule has 0 radical (unpaired) electrons. The Hall–Kier alpha value is -2.91. The number of nitrogens with zero attached hydrogens (tertiary/aromatic N) is 2. The molecule has 0 aliphatic rings. The van der Waals surface area contributed by atoms with E-state index in [1.807, 2.05) is 0 Å². The third kappa shape index (κ3) is 5.53. The summed E-state index contributed by atoms with van der Waals surface area (Å²) in [7, 11) is 0. The first kappa shape index (κ1) is 18.9. The predicted octanol–water partition coefficient (Wildman–Crippen LogP) is 3.46. The average molecular weight is 401 g/mol. The molecule has 0 spiro atoms. The van der Waals surface area contributed by atoms with Crippen LogP contribution in [0.3, 0.4) is 0 Å². The number of hydrogen-bond donors (Lipinski definition) is 3. The van der Waals surface area contributed by atoms with Crippen LogP contribution in [-0.2, 0) is 6.42 Å². The monoisotopic (exact) mass is 401 g/mol. The van der Waals surface area contributed by atoms with Crippen molar-refractivity contribution in [2.45, 2.75) is 6.42 Å². The minimum atomic E-state index is -0.310. The second-order valence-corrected chi connectivity index (χ2v) is 6.56. The molecule has 1 heterocycles. The summed E-state index contributed by atoms with van der Waals surface area (Å²) >= 11 is 6.36. The third-order valence-electron chi connectivity index (χ3n) is 3.63. The van der Waals surface area contributed by atoms with E-state index in [4.69, 9.17) is 12.2 Å². The smallest absolute Gasteiger partial charge is 0.277 e. The Morgan fingerprint density at radius 1 is 1.07 bits per heavy atom. The number of aromatic nitrogens is 2.